The van der Waals surface area contributed by atoms with E-state index in [1.807, 2.05) is 13.0 Å². The monoisotopic (exact) mass is 248 g/mol. The van der Waals surface area contributed by atoms with Crippen LogP contribution in [0.25, 0.3) is 10.7 Å². The number of aromatic amines is 1. The van der Waals surface area contributed by atoms with Crippen molar-refractivity contribution >= 4 is 11.3 Å². The number of H-pyrrole nitrogens is 1. The molecule has 0 radical (unpaired) electrons. The molecule has 0 spiro atoms. The van der Waals surface area contributed by atoms with E-state index < -0.39 is 0 Å². The molecule has 0 saturated heterocycles. The van der Waals surface area contributed by atoms with Gasteiger partial charge in [-0.05, 0) is 24.5 Å². The van der Waals surface area contributed by atoms with Crippen LogP contribution < -0.4 is 5.56 Å². The summed E-state index contributed by atoms with van der Waals surface area (Å²) in [5.41, 5.74) is 0.778. The first-order valence-electron chi connectivity index (χ1n) is 5.55. The summed E-state index contributed by atoms with van der Waals surface area (Å²) in [5, 5.41) is 0. The number of aromatic nitrogens is 2. The third kappa shape index (κ3) is 2.64. The van der Waals surface area contributed by atoms with Crippen LogP contribution >= 0.6 is 11.3 Å². The molecule has 3 nitrogen and oxygen atoms in total. The van der Waals surface area contributed by atoms with Gasteiger partial charge in [-0.1, -0.05) is 20.8 Å². The Morgan fingerprint density at radius 3 is 2.53 bits per heavy atom. The standard InChI is InChI=1S/C13H16N2OS/c1-8-7-11(16)15-12(14-8)9-5-6-10(17-9)13(2,3)4/h5-7H,1-4H3,(H,14,15,16). The maximum absolute atomic E-state index is 11.4. The summed E-state index contributed by atoms with van der Waals surface area (Å²) in [4.78, 5) is 20.8. The third-order valence-corrected chi connectivity index (χ3v) is 3.97. The van der Waals surface area contributed by atoms with Crippen LogP contribution in [0.3, 0.4) is 0 Å². The molecule has 4 heteroatoms. The lowest BCUT2D eigenvalue weighted by atomic mass is 9.95. The molecule has 0 bridgehead atoms. The van der Waals surface area contributed by atoms with Crippen LogP contribution in [0.1, 0.15) is 31.3 Å². The molecule has 17 heavy (non-hydrogen) atoms. The Hall–Kier alpha value is -1.42. The van der Waals surface area contributed by atoms with Gasteiger partial charge in [-0.25, -0.2) is 4.98 Å². The number of rotatable bonds is 1. The van der Waals surface area contributed by atoms with Gasteiger partial charge in [-0.3, -0.25) is 4.79 Å². The molecule has 0 amide bonds. The fourth-order valence-electron chi connectivity index (χ4n) is 1.56. The predicted octanol–water partition coefficient (Wildman–Crippen LogP) is 3.10. The van der Waals surface area contributed by atoms with Crippen molar-refractivity contribution in [2.45, 2.75) is 33.1 Å². The minimum atomic E-state index is -0.0989. The first-order chi connectivity index (χ1) is 7.86. The second-order valence-electron chi connectivity index (χ2n) is 5.15. The van der Waals surface area contributed by atoms with Gasteiger partial charge in [0.2, 0.25) is 0 Å². The highest BCUT2D eigenvalue weighted by Gasteiger charge is 2.17. The molecule has 1 N–H and O–H groups in total. The molecule has 0 aliphatic heterocycles. The fourth-order valence-corrected chi connectivity index (χ4v) is 2.57. The number of nitrogens with zero attached hydrogens (tertiary/aromatic N) is 1. The van der Waals surface area contributed by atoms with E-state index in [1.54, 1.807) is 11.3 Å². The van der Waals surface area contributed by atoms with E-state index in [-0.39, 0.29) is 11.0 Å². The van der Waals surface area contributed by atoms with Crippen LogP contribution in [0.2, 0.25) is 0 Å². The van der Waals surface area contributed by atoms with E-state index in [2.05, 4.69) is 36.8 Å². The second kappa shape index (κ2) is 4.11. The lowest BCUT2D eigenvalue weighted by Gasteiger charge is -2.15. The Morgan fingerprint density at radius 2 is 2.00 bits per heavy atom. The lowest BCUT2D eigenvalue weighted by Crippen LogP contribution is -2.08. The SMILES string of the molecule is Cc1cc(=O)[nH]c(-c2ccc(C(C)(C)C)s2)n1. The molecule has 0 aliphatic carbocycles. The van der Waals surface area contributed by atoms with Gasteiger partial charge in [0.15, 0.2) is 0 Å². The first-order valence-corrected chi connectivity index (χ1v) is 6.36. The normalized spacial score (nSPS) is 11.8. The molecule has 0 fully saturated rings. The quantitative estimate of drug-likeness (QED) is 0.843. The van der Waals surface area contributed by atoms with Gasteiger partial charge in [0.25, 0.3) is 5.56 Å². The summed E-state index contributed by atoms with van der Waals surface area (Å²) in [7, 11) is 0. The molecule has 0 atom stereocenters. The van der Waals surface area contributed by atoms with Crippen LogP contribution in [0.5, 0.6) is 0 Å². The molecular formula is C13H16N2OS. The van der Waals surface area contributed by atoms with Gasteiger partial charge in [0.1, 0.15) is 5.82 Å². The maximum Gasteiger partial charge on any atom is 0.251 e. The number of hydrogen-bond donors (Lipinski definition) is 1. The highest BCUT2D eigenvalue weighted by Crippen LogP contribution is 2.33. The van der Waals surface area contributed by atoms with Crippen LogP contribution in [-0.4, -0.2) is 9.97 Å². The summed E-state index contributed by atoms with van der Waals surface area (Å²) in [6, 6.07) is 5.62. The van der Waals surface area contributed by atoms with E-state index in [0.717, 1.165) is 10.6 Å². The number of thiophene rings is 1. The van der Waals surface area contributed by atoms with Crippen LogP contribution in [0.4, 0.5) is 0 Å². The highest BCUT2D eigenvalue weighted by atomic mass is 32.1. The average molecular weight is 248 g/mol. The van der Waals surface area contributed by atoms with E-state index >= 15 is 0 Å². The van der Waals surface area contributed by atoms with E-state index in [1.165, 1.54) is 10.9 Å². The average Bonchev–Trinajstić information content (AvgIpc) is 2.63. The van der Waals surface area contributed by atoms with Crippen molar-refractivity contribution in [2.75, 3.05) is 0 Å². The van der Waals surface area contributed by atoms with Gasteiger partial charge in [-0.2, -0.15) is 0 Å². The van der Waals surface area contributed by atoms with E-state index in [9.17, 15) is 4.79 Å². The Morgan fingerprint density at radius 1 is 1.29 bits per heavy atom. The summed E-state index contributed by atoms with van der Waals surface area (Å²) < 4.78 is 0. The van der Waals surface area contributed by atoms with Crippen molar-refractivity contribution in [3.05, 3.63) is 39.1 Å². The van der Waals surface area contributed by atoms with Gasteiger partial charge in [0, 0.05) is 16.6 Å². The van der Waals surface area contributed by atoms with Crippen molar-refractivity contribution in [3.63, 3.8) is 0 Å². The molecule has 90 valence electrons. The third-order valence-electron chi connectivity index (χ3n) is 2.45. The Balaban J connectivity index is 2.47. The Kier molecular flexibility index (Phi) is 2.91. The first kappa shape index (κ1) is 12.0. The smallest absolute Gasteiger partial charge is 0.251 e. The topological polar surface area (TPSA) is 45.8 Å². The summed E-state index contributed by atoms with van der Waals surface area (Å²) in [6.45, 7) is 8.36. The fraction of sp³-hybridized carbons (Fsp3) is 0.385. The Labute approximate surface area is 105 Å². The summed E-state index contributed by atoms with van der Waals surface area (Å²) in [6.07, 6.45) is 0. The number of nitrogens with one attached hydrogen (secondary N) is 1. The Bertz CT molecular complexity index is 590. The highest BCUT2D eigenvalue weighted by molar-refractivity contribution is 7.15. The molecule has 0 saturated carbocycles. The minimum absolute atomic E-state index is 0.0989. The minimum Gasteiger partial charge on any atom is -0.306 e. The number of hydrogen-bond acceptors (Lipinski definition) is 3. The maximum atomic E-state index is 11.4. The molecule has 0 aliphatic rings. The molecule has 0 aromatic carbocycles. The van der Waals surface area contributed by atoms with Crippen molar-refractivity contribution in [2.24, 2.45) is 0 Å². The zero-order chi connectivity index (χ0) is 12.6. The largest absolute Gasteiger partial charge is 0.306 e. The summed E-state index contributed by atoms with van der Waals surface area (Å²) >= 11 is 1.68. The van der Waals surface area contributed by atoms with Crippen molar-refractivity contribution in [1.29, 1.82) is 0 Å². The molecule has 2 aromatic heterocycles. The van der Waals surface area contributed by atoms with Gasteiger partial charge in [0.05, 0.1) is 4.88 Å². The van der Waals surface area contributed by atoms with Crippen molar-refractivity contribution in [3.8, 4) is 10.7 Å². The van der Waals surface area contributed by atoms with Crippen LogP contribution in [-0.2, 0) is 5.41 Å². The van der Waals surface area contributed by atoms with Crippen LogP contribution in [0, 0.1) is 6.92 Å². The second-order valence-corrected chi connectivity index (χ2v) is 6.23. The predicted molar refractivity (Wildman–Crippen MR) is 71.6 cm³/mol. The number of aryl methyl sites for hydroxylation is 1. The lowest BCUT2D eigenvalue weighted by molar-refractivity contribution is 0.604. The van der Waals surface area contributed by atoms with Crippen molar-refractivity contribution in [1.82, 2.24) is 9.97 Å². The summed E-state index contributed by atoms with van der Waals surface area (Å²) in [5.74, 6) is 0.663. The molecular weight excluding hydrogens is 232 g/mol. The molecule has 2 aromatic rings. The van der Waals surface area contributed by atoms with Crippen LogP contribution in [0.15, 0.2) is 23.0 Å². The van der Waals surface area contributed by atoms with Crippen molar-refractivity contribution < 1.29 is 0 Å². The molecule has 0 unspecified atom stereocenters. The zero-order valence-electron chi connectivity index (χ0n) is 10.5. The zero-order valence-corrected chi connectivity index (χ0v) is 11.3. The van der Waals surface area contributed by atoms with E-state index in [4.69, 9.17) is 0 Å². The van der Waals surface area contributed by atoms with Gasteiger partial charge >= 0.3 is 0 Å². The van der Waals surface area contributed by atoms with Gasteiger partial charge in [-0.15, -0.1) is 11.3 Å². The molecule has 2 rings (SSSR count). The van der Waals surface area contributed by atoms with E-state index in [0.29, 0.717) is 5.82 Å². The molecule has 2 heterocycles. The van der Waals surface area contributed by atoms with Gasteiger partial charge < -0.3 is 4.98 Å².